The van der Waals surface area contributed by atoms with Crippen molar-refractivity contribution < 1.29 is 9.59 Å². The van der Waals surface area contributed by atoms with Crippen LogP contribution in [0.5, 0.6) is 0 Å². The highest BCUT2D eigenvalue weighted by Gasteiger charge is 2.39. The maximum Gasteiger partial charge on any atom is 0.245 e. The summed E-state index contributed by atoms with van der Waals surface area (Å²) in [4.78, 5) is 33.3. The van der Waals surface area contributed by atoms with Gasteiger partial charge in [0, 0.05) is 30.4 Å². The lowest BCUT2D eigenvalue weighted by atomic mass is 9.83. The molecule has 1 saturated carbocycles. The Labute approximate surface area is 210 Å². The van der Waals surface area contributed by atoms with Crippen LogP contribution in [-0.2, 0) is 9.59 Å². The van der Waals surface area contributed by atoms with Gasteiger partial charge in [-0.3, -0.25) is 14.6 Å². The van der Waals surface area contributed by atoms with Gasteiger partial charge in [-0.25, -0.2) is 0 Å². The van der Waals surface area contributed by atoms with Crippen molar-refractivity contribution in [3.05, 3.63) is 53.9 Å². The summed E-state index contributed by atoms with van der Waals surface area (Å²) < 4.78 is 0. The molecule has 1 saturated heterocycles. The third-order valence-corrected chi connectivity index (χ3v) is 7.78. The SMILES string of the molecule is CC(C)C(=O)NC(C(=O)N1CCCC1c1cncc(-c2ccccc2C(C)C)c1)C1CCCCC1. The third kappa shape index (κ3) is 5.76. The average Bonchev–Trinajstić information content (AvgIpc) is 3.37. The predicted molar refractivity (Wildman–Crippen MR) is 141 cm³/mol. The summed E-state index contributed by atoms with van der Waals surface area (Å²) in [7, 11) is 0. The van der Waals surface area contributed by atoms with Gasteiger partial charge in [0.05, 0.1) is 6.04 Å². The smallest absolute Gasteiger partial charge is 0.245 e. The van der Waals surface area contributed by atoms with Crippen LogP contribution in [0.2, 0.25) is 0 Å². The van der Waals surface area contributed by atoms with Gasteiger partial charge in [-0.1, -0.05) is 71.2 Å². The van der Waals surface area contributed by atoms with Crippen LogP contribution in [0.15, 0.2) is 42.7 Å². The number of hydrogen-bond acceptors (Lipinski definition) is 3. The van der Waals surface area contributed by atoms with Crippen molar-refractivity contribution in [3.63, 3.8) is 0 Å². The van der Waals surface area contributed by atoms with Gasteiger partial charge in [0.2, 0.25) is 11.8 Å². The van der Waals surface area contributed by atoms with Crippen LogP contribution in [0.3, 0.4) is 0 Å². The van der Waals surface area contributed by atoms with Crippen LogP contribution in [0.1, 0.15) is 95.7 Å². The first-order valence-electron chi connectivity index (χ1n) is 13.5. The molecule has 0 spiro atoms. The molecule has 2 atom stereocenters. The first-order chi connectivity index (χ1) is 16.9. The number of carbonyl (C=O) groups is 2. The highest BCUT2D eigenvalue weighted by Crippen LogP contribution is 2.37. The largest absolute Gasteiger partial charge is 0.344 e. The Kier molecular flexibility index (Phi) is 8.25. The summed E-state index contributed by atoms with van der Waals surface area (Å²) in [5.74, 6) is 0.563. The lowest BCUT2D eigenvalue weighted by Gasteiger charge is -2.35. The van der Waals surface area contributed by atoms with Gasteiger partial charge in [0.25, 0.3) is 0 Å². The van der Waals surface area contributed by atoms with Gasteiger partial charge in [-0.05, 0) is 60.3 Å². The van der Waals surface area contributed by atoms with Gasteiger partial charge in [0.1, 0.15) is 6.04 Å². The lowest BCUT2D eigenvalue weighted by Crippen LogP contribution is -2.53. The fourth-order valence-corrected chi connectivity index (χ4v) is 5.77. The highest BCUT2D eigenvalue weighted by molar-refractivity contribution is 5.89. The van der Waals surface area contributed by atoms with Crippen molar-refractivity contribution in [1.82, 2.24) is 15.2 Å². The quantitative estimate of drug-likeness (QED) is 0.514. The van der Waals surface area contributed by atoms with Gasteiger partial charge in [-0.2, -0.15) is 0 Å². The van der Waals surface area contributed by atoms with Gasteiger partial charge in [0.15, 0.2) is 0 Å². The number of hydrogen-bond donors (Lipinski definition) is 1. The van der Waals surface area contributed by atoms with E-state index in [4.69, 9.17) is 0 Å². The minimum atomic E-state index is -0.427. The predicted octanol–water partition coefficient (Wildman–Crippen LogP) is 6.26. The number of rotatable bonds is 7. The van der Waals surface area contributed by atoms with Crippen LogP contribution in [0.4, 0.5) is 0 Å². The second-order valence-electron chi connectivity index (χ2n) is 11.0. The lowest BCUT2D eigenvalue weighted by molar-refractivity contribution is -0.140. The summed E-state index contributed by atoms with van der Waals surface area (Å²) in [5.41, 5.74) is 4.70. The highest BCUT2D eigenvalue weighted by atomic mass is 16.2. The fraction of sp³-hybridized carbons (Fsp3) is 0.567. The number of pyridine rings is 1. The number of aromatic nitrogens is 1. The maximum absolute atomic E-state index is 14.0. The monoisotopic (exact) mass is 475 g/mol. The maximum atomic E-state index is 14.0. The Morgan fingerprint density at radius 3 is 2.43 bits per heavy atom. The minimum Gasteiger partial charge on any atom is -0.344 e. The molecular formula is C30H41N3O2. The van der Waals surface area contributed by atoms with Gasteiger partial charge >= 0.3 is 0 Å². The van der Waals surface area contributed by atoms with Crippen LogP contribution in [0.25, 0.3) is 11.1 Å². The standard InChI is InChI=1S/C30H41N3O2/c1-20(2)25-13-8-9-14-26(25)23-17-24(19-31-18-23)27-15-10-16-33(27)30(35)28(32-29(34)21(3)4)22-11-6-5-7-12-22/h8-9,13-14,17-22,27-28H,5-7,10-12,15-16H2,1-4H3,(H,32,34). The van der Waals surface area contributed by atoms with Crippen molar-refractivity contribution in [2.24, 2.45) is 11.8 Å². The van der Waals surface area contributed by atoms with Crippen molar-refractivity contribution in [2.75, 3.05) is 6.54 Å². The number of carbonyl (C=O) groups excluding carboxylic acids is 2. The van der Waals surface area contributed by atoms with Crippen molar-refractivity contribution in [1.29, 1.82) is 0 Å². The molecule has 5 heteroatoms. The van der Waals surface area contributed by atoms with E-state index in [2.05, 4.69) is 54.5 Å². The van der Waals surface area contributed by atoms with E-state index < -0.39 is 6.04 Å². The summed E-state index contributed by atoms with van der Waals surface area (Å²) in [6, 6.07) is 10.3. The Hall–Kier alpha value is -2.69. The molecule has 2 aliphatic rings. The van der Waals surface area contributed by atoms with E-state index in [0.29, 0.717) is 5.92 Å². The molecule has 5 nitrogen and oxygen atoms in total. The minimum absolute atomic E-state index is 0.00297. The van der Waals surface area contributed by atoms with Crippen molar-refractivity contribution in [3.8, 4) is 11.1 Å². The first-order valence-corrected chi connectivity index (χ1v) is 13.5. The van der Waals surface area contributed by atoms with Crippen LogP contribution >= 0.6 is 0 Å². The number of nitrogens with zero attached hydrogens (tertiary/aromatic N) is 2. The van der Waals surface area contributed by atoms with Crippen molar-refractivity contribution >= 4 is 11.8 Å². The Balaban J connectivity index is 1.61. The molecule has 0 bridgehead atoms. The second kappa shape index (κ2) is 11.4. The van der Waals surface area contributed by atoms with Crippen molar-refractivity contribution in [2.45, 2.75) is 90.6 Å². The van der Waals surface area contributed by atoms with Gasteiger partial charge < -0.3 is 10.2 Å². The molecule has 1 aromatic heterocycles. The molecule has 4 rings (SSSR count). The zero-order chi connectivity index (χ0) is 24.9. The molecule has 188 valence electrons. The number of likely N-dealkylation sites (tertiary alicyclic amines) is 1. The Morgan fingerprint density at radius 2 is 1.71 bits per heavy atom. The third-order valence-electron chi connectivity index (χ3n) is 7.78. The topological polar surface area (TPSA) is 62.3 Å². The number of amides is 2. The van der Waals surface area contributed by atoms with E-state index in [1.807, 2.05) is 31.1 Å². The van der Waals surface area contributed by atoms with E-state index in [1.165, 1.54) is 17.5 Å². The molecule has 1 aliphatic carbocycles. The molecular weight excluding hydrogens is 434 g/mol. The molecule has 35 heavy (non-hydrogen) atoms. The van der Waals surface area contributed by atoms with Crippen LogP contribution in [0, 0.1) is 11.8 Å². The Morgan fingerprint density at radius 1 is 0.971 bits per heavy atom. The summed E-state index contributed by atoms with van der Waals surface area (Å²) in [6.45, 7) is 8.94. The van der Waals surface area contributed by atoms with E-state index in [-0.39, 0.29) is 29.7 Å². The number of nitrogens with one attached hydrogen (secondary N) is 1. The zero-order valence-electron chi connectivity index (χ0n) is 21.8. The van der Waals surface area contributed by atoms with Crippen LogP contribution < -0.4 is 5.32 Å². The van der Waals surface area contributed by atoms with Gasteiger partial charge in [-0.15, -0.1) is 0 Å². The Bertz CT molecular complexity index is 1030. The molecule has 2 unspecified atom stereocenters. The summed E-state index contributed by atoms with van der Waals surface area (Å²) in [6.07, 6.45) is 11.3. The molecule has 0 radical (unpaired) electrons. The van der Waals surface area contributed by atoms with E-state index in [9.17, 15) is 9.59 Å². The van der Waals surface area contributed by atoms with E-state index >= 15 is 0 Å². The number of benzene rings is 1. The summed E-state index contributed by atoms with van der Waals surface area (Å²) in [5, 5.41) is 3.15. The zero-order valence-corrected chi connectivity index (χ0v) is 21.8. The normalized spacial score (nSPS) is 19.8. The molecule has 2 heterocycles. The fourth-order valence-electron chi connectivity index (χ4n) is 5.77. The molecule has 1 N–H and O–H groups in total. The molecule has 1 aliphatic heterocycles. The van der Waals surface area contributed by atoms with Crippen LogP contribution in [-0.4, -0.2) is 34.3 Å². The van der Waals surface area contributed by atoms with E-state index in [1.54, 1.807) is 0 Å². The second-order valence-corrected chi connectivity index (χ2v) is 11.0. The first kappa shape index (κ1) is 25.4. The van der Waals surface area contributed by atoms with E-state index in [0.717, 1.165) is 56.2 Å². The average molecular weight is 476 g/mol. The molecule has 2 aromatic rings. The molecule has 1 aromatic carbocycles. The molecule has 2 amide bonds. The molecule has 2 fully saturated rings. The summed E-state index contributed by atoms with van der Waals surface area (Å²) >= 11 is 0.